The molecule has 0 aliphatic carbocycles. The molecule has 0 saturated carbocycles. The number of carbonyl (C=O) groups excluding carboxylic acids is 1. The van der Waals surface area contributed by atoms with Crippen molar-refractivity contribution in [2.24, 2.45) is 0 Å². The van der Waals surface area contributed by atoms with Crippen molar-refractivity contribution < 1.29 is 14.3 Å². The Bertz CT molecular complexity index is 329. The van der Waals surface area contributed by atoms with Crippen LogP contribution in [-0.2, 0) is 9.47 Å². The Labute approximate surface area is 99.4 Å². The number of nitrogen functional groups attached to an aromatic ring is 1. The summed E-state index contributed by atoms with van der Waals surface area (Å²) in [4.78, 5) is 13.0. The molecule has 0 spiro atoms. The van der Waals surface area contributed by atoms with Crippen LogP contribution in [-0.4, -0.2) is 25.8 Å². The van der Waals surface area contributed by atoms with E-state index >= 15 is 0 Å². The smallest absolute Gasteiger partial charge is 0.348 e. The van der Waals surface area contributed by atoms with Crippen molar-refractivity contribution >= 4 is 23.0 Å². The molecule has 0 fully saturated rings. The highest BCUT2D eigenvalue weighted by Gasteiger charge is 2.11. The fourth-order valence-corrected chi connectivity index (χ4v) is 1.97. The van der Waals surface area contributed by atoms with E-state index in [4.69, 9.17) is 15.2 Å². The molecule has 0 saturated heterocycles. The molecule has 4 nitrogen and oxygen atoms in total. The van der Waals surface area contributed by atoms with Gasteiger partial charge in [-0.3, -0.25) is 0 Å². The predicted molar refractivity (Wildman–Crippen MR) is 64.9 cm³/mol. The van der Waals surface area contributed by atoms with Gasteiger partial charge < -0.3 is 15.2 Å². The summed E-state index contributed by atoms with van der Waals surface area (Å²) >= 11 is 1.36. The quantitative estimate of drug-likeness (QED) is 0.614. The second-order valence-corrected chi connectivity index (χ2v) is 4.56. The molecule has 0 radical (unpaired) electrons. The predicted octanol–water partition coefficient (Wildman–Crippen LogP) is 2.22. The maximum absolute atomic E-state index is 11.5. The van der Waals surface area contributed by atoms with Gasteiger partial charge in [0.1, 0.15) is 4.88 Å². The van der Waals surface area contributed by atoms with E-state index in [9.17, 15) is 4.79 Å². The third-order valence-electron chi connectivity index (χ3n) is 2.03. The Hall–Kier alpha value is -1.07. The first-order valence-corrected chi connectivity index (χ1v) is 6.07. The number of nitrogens with two attached hydrogens (primary N) is 1. The largest absolute Gasteiger partial charge is 0.461 e. The van der Waals surface area contributed by atoms with Gasteiger partial charge in [-0.25, -0.2) is 4.79 Å². The van der Waals surface area contributed by atoms with Crippen molar-refractivity contribution in [1.29, 1.82) is 0 Å². The summed E-state index contributed by atoms with van der Waals surface area (Å²) in [6.45, 7) is 5.51. The lowest BCUT2D eigenvalue weighted by atomic mass is 10.4. The van der Waals surface area contributed by atoms with Gasteiger partial charge in [0.15, 0.2) is 0 Å². The van der Waals surface area contributed by atoms with Crippen LogP contribution in [0.3, 0.4) is 0 Å². The van der Waals surface area contributed by atoms with E-state index in [0.29, 0.717) is 30.4 Å². The SMILES string of the molecule is CCOCCCOC(=O)c1cc(N)c(C)s1. The van der Waals surface area contributed by atoms with Crippen LogP contribution in [0.2, 0.25) is 0 Å². The van der Waals surface area contributed by atoms with Crippen LogP contribution in [0.5, 0.6) is 0 Å². The zero-order valence-electron chi connectivity index (χ0n) is 9.62. The van der Waals surface area contributed by atoms with Gasteiger partial charge >= 0.3 is 5.97 Å². The highest BCUT2D eigenvalue weighted by atomic mass is 32.1. The van der Waals surface area contributed by atoms with E-state index in [0.717, 1.165) is 11.3 Å². The first kappa shape index (κ1) is 13.0. The summed E-state index contributed by atoms with van der Waals surface area (Å²) in [5.41, 5.74) is 6.30. The van der Waals surface area contributed by atoms with E-state index in [-0.39, 0.29) is 5.97 Å². The molecule has 90 valence electrons. The molecule has 1 rings (SSSR count). The molecule has 0 bridgehead atoms. The molecule has 0 aliphatic rings. The Morgan fingerprint density at radius 1 is 1.50 bits per heavy atom. The maximum Gasteiger partial charge on any atom is 0.348 e. The van der Waals surface area contributed by atoms with E-state index in [1.165, 1.54) is 11.3 Å². The summed E-state index contributed by atoms with van der Waals surface area (Å²) in [6.07, 6.45) is 0.722. The minimum atomic E-state index is -0.304. The normalized spacial score (nSPS) is 10.4. The van der Waals surface area contributed by atoms with Crippen LogP contribution in [0.25, 0.3) is 0 Å². The van der Waals surface area contributed by atoms with Gasteiger partial charge in [-0.1, -0.05) is 0 Å². The van der Waals surface area contributed by atoms with Crippen molar-refractivity contribution in [3.63, 3.8) is 0 Å². The molecule has 1 aromatic heterocycles. The van der Waals surface area contributed by atoms with Crippen LogP contribution in [0.4, 0.5) is 5.69 Å². The minimum Gasteiger partial charge on any atom is -0.461 e. The second-order valence-electron chi connectivity index (χ2n) is 3.31. The van der Waals surface area contributed by atoms with Crippen LogP contribution in [0.15, 0.2) is 6.07 Å². The number of anilines is 1. The summed E-state index contributed by atoms with van der Waals surface area (Å²) in [6, 6.07) is 1.66. The van der Waals surface area contributed by atoms with Gasteiger partial charge in [-0.05, 0) is 19.9 Å². The molecule has 0 unspecified atom stereocenters. The molecule has 1 heterocycles. The zero-order chi connectivity index (χ0) is 12.0. The lowest BCUT2D eigenvalue weighted by molar-refractivity contribution is 0.0458. The van der Waals surface area contributed by atoms with Crippen molar-refractivity contribution in [3.8, 4) is 0 Å². The fourth-order valence-electron chi connectivity index (χ4n) is 1.14. The van der Waals surface area contributed by atoms with Gasteiger partial charge in [-0.2, -0.15) is 0 Å². The van der Waals surface area contributed by atoms with E-state index in [2.05, 4.69) is 0 Å². The van der Waals surface area contributed by atoms with Crippen LogP contribution >= 0.6 is 11.3 Å². The molecular weight excluding hydrogens is 226 g/mol. The van der Waals surface area contributed by atoms with Crippen LogP contribution in [0.1, 0.15) is 27.9 Å². The lowest BCUT2D eigenvalue weighted by Crippen LogP contribution is -2.07. The Balaban J connectivity index is 2.30. The molecule has 5 heteroatoms. The topological polar surface area (TPSA) is 61.5 Å². The zero-order valence-corrected chi connectivity index (χ0v) is 10.4. The van der Waals surface area contributed by atoms with Crippen molar-refractivity contribution in [1.82, 2.24) is 0 Å². The first-order valence-electron chi connectivity index (χ1n) is 5.26. The summed E-state index contributed by atoms with van der Waals surface area (Å²) in [5.74, 6) is -0.304. The Kier molecular flexibility index (Phi) is 5.28. The average Bonchev–Trinajstić information content (AvgIpc) is 2.59. The fraction of sp³-hybridized carbons (Fsp3) is 0.545. The third kappa shape index (κ3) is 3.83. The summed E-state index contributed by atoms with van der Waals surface area (Å²) in [5, 5.41) is 0. The van der Waals surface area contributed by atoms with Gasteiger partial charge in [0, 0.05) is 30.2 Å². The molecule has 0 atom stereocenters. The molecule has 0 aromatic carbocycles. The Morgan fingerprint density at radius 2 is 2.25 bits per heavy atom. The number of hydrogen-bond acceptors (Lipinski definition) is 5. The highest BCUT2D eigenvalue weighted by molar-refractivity contribution is 7.14. The van der Waals surface area contributed by atoms with Crippen LogP contribution in [0, 0.1) is 6.92 Å². The maximum atomic E-state index is 11.5. The van der Waals surface area contributed by atoms with E-state index < -0.39 is 0 Å². The second kappa shape index (κ2) is 6.50. The number of carbonyl (C=O) groups is 1. The van der Waals surface area contributed by atoms with Gasteiger partial charge in [0.2, 0.25) is 0 Å². The molecule has 16 heavy (non-hydrogen) atoms. The molecule has 2 N–H and O–H groups in total. The lowest BCUT2D eigenvalue weighted by Gasteiger charge is -2.03. The number of hydrogen-bond donors (Lipinski definition) is 1. The Morgan fingerprint density at radius 3 is 2.81 bits per heavy atom. The number of ether oxygens (including phenoxy) is 2. The van der Waals surface area contributed by atoms with E-state index in [1.807, 2.05) is 13.8 Å². The van der Waals surface area contributed by atoms with Crippen molar-refractivity contribution in [2.75, 3.05) is 25.6 Å². The van der Waals surface area contributed by atoms with Crippen molar-refractivity contribution in [2.45, 2.75) is 20.3 Å². The highest BCUT2D eigenvalue weighted by Crippen LogP contribution is 2.23. The number of aryl methyl sites for hydroxylation is 1. The number of rotatable bonds is 6. The van der Waals surface area contributed by atoms with Crippen molar-refractivity contribution in [3.05, 3.63) is 15.8 Å². The number of esters is 1. The number of thiophene rings is 1. The third-order valence-corrected chi connectivity index (χ3v) is 3.07. The van der Waals surface area contributed by atoms with Gasteiger partial charge in [0.25, 0.3) is 0 Å². The monoisotopic (exact) mass is 243 g/mol. The first-order chi connectivity index (χ1) is 7.65. The standard InChI is InChI=1S/C11H17NO3S/c1-3-14-5-4-6-15-11(13)10-7-9(12)8(2)16-10/h7H,3-6,12H2,1-2H3. The summed E-state index contributed by atoms with van der Waals surface area (Å²) in [7, 11) is 0. The van der Waals surface area contributed by atoms with E-state index in [1.54, 1.807) is 6.07 Å². The molecule has 0 aliphatic heterocycles. The average molecular weight is 243 g/mol. The molecular formula is C11H17NO3S. The van der Waals surface area contributed by atoms with Gasteiger partial charge in [-0.15, -0.1) is 11.3 Å². The molecule has 0 amide bonds. The molecule has 1 aromatic rings. The summed E-state index contributed by atoms with van der Waals surface area (Å²) < 4.78 is 10.2. The van der Waals surface area contributed by atoms with Gasteiger partial charge in [0.05, 0.1) is 6.61 Å². The minimum absolute atomic E-state index is 0.304. The van der Waals surface area contributed by atoms with Crippen LogP contribution < -0.4 is 5.73 Å².